The SMILES string of the molecule is CC(C)C1CCCN1C(=O)C1CNC(=O)CN1. The standard InChI is InChI=1S/C12H21N3O2/c1-8(2)10-4-3-5-15(10)12(17)9-6-14-11(16)7-13-9/h8-10,13H,3-7H2,1-2H3,(H,14,16). The molecule has 0 saturated carbocycles. The number of rotatable bonds is 2. The topological polar surface area (TPSA) is 61.4 Å². The average molecular weight is 239 g/mol. The van der Waals surface area contributed by atoms with Crippen LogP contribution in [0.15, 0.2) is 0 Å². The minimum Gasteiger partial charge on any atom is -0.353 e. The molecule has 2 saturated heterocycles. The highest BCUT2D eigenvalue weighted by Crippen LogP contribution is 2.24. The summed E-state index contributed by atoms with van der Waals surface area (Å²) in [6.45, 7) is 5.84. The Labute approximate surface area is 102 Å². The highest BCUT2D eigenvalue weighted by Gasteiger charge is 2.35. The van der Waals surface area contributed by atoms with Crippen LogP contribution in [0.25, 0.3) is 0 Å². The maximum atomic E-state index is 12.3. The van der Waals surface area contributed by atoms with Crippen LogP contribution in [-0.2, 0) is 9.59 Å². The molecule has 0 aromatic heterocycles. The summed E-state index contributed by atoms with van der Waals surface area (Å²) in [5.41, 5.74) is 0. The molecule has 5 heteroatoms. The first-order valence-corrected chi connectivity index (χ1v) is 6.40. The van der Waals surface area contributed by atoms with Crippen LogP contribution in [0.1, 0.15) is 26.7 Å². The summed E-state index contributed by atoms with van der Waals surface area (Å²) in [6.07, 6.45) is 2.19. The Bertz CT molecular complexity index is 307. The third kappa shape index (κ3) is 2.60. The molecule has 0 spiro atoms. The third-order valence-corrected chi connectivity index (χ3v) is 3.66. The molecule has 2 amide bonds. The molecule has 0 aliphatic carbocycles. The van der Waals surface area contributed by atoms with Crippen LogP contribution in [0, 0.1) is 5.92 Å². The van der Waals surface area contributed by atoms with Gasteiger partial charge in [0.05, 0.1) is 6.54 Å². The van der Waals surface area contributed by atoms with Gasteiger partial charge in [-0.05, 0) is 18.8 Å². The van der Waals surface area contributed by atoms with E-state index in [0.717, 1.165) is 19.4 Å². The van der Waals surface area contributed by atoms with E-state index in [-0.39, 0.29) is 24.4 Å². The summed E-state index contributed by atoms with van der Waals surface area (Å²) < 4.78 is 0. The Balaban J connectivity index is 1.97. The van der Waals surface area contributed by atoms with E-state index in [4.69, 9.17) is 0 Å². The second kappa shape index (κ2) is 5.04. The predicted octanol–water partition coefficient (Wildman–Crippen LogP) is -0.279. The van der Waals surface area contributed by atoms with Crippen LogP contribution in [0.3, 0.4) is 0 Å². The lowest BCUT2D eigenvalue weighted by Crippen LogP contribution is -2.59. The smallest absolute Gasteiger partial charge is 0.241 e. The maximum Gasteiger partial charge on any atom is 0.241 e. The Kier molecular flexibility index (Phi) is 3.66. The van der Waals surface area contributed by atoms with E-state index in [1.165, 1.54) is 0 Å². The van der Waals surface area contributed by atoms with Crippen LogP contribution in [0.4, 0.5) is 0 Å². The van der Waals surface area contributed by atoms with Gasteiger partial charge in [0, 0.05) is 19.1 Å². The summed E-state index contributed by atoms with van der Waals surface area (Å²) in [4.78, 5) is 25.3. The second-order valence-electron chi connectivity index (χ2n) is 5.22. The molecule has 0 bridgehead atoms. The van der Waals surface area contributed by atoms with Crippen molar-refractivity contribution < 1.29 is 9.59 Å². The van der Waals surface area contributed by atoms with Crippen molar-refractivity contribution in [3.05, 3.63) is 0 Å². The van der Waals surface area contributed by atoms with Gasteiger partial charge in [-0.25, -0.2) is 0 Å². The van der Waals surface area contributed by atoms with Crippen molar-refractivity contribution in [2.24, 2.45) is 5.92 Å². The quantitative estimate of drug-likeness (QED) is 0.697. The highest BCUT2D eigenvalue weighted by atomic mass is 16.2. The molecule has 0 aromatic carbocycles. The van der Waals surface area contributed by atoms with Gasteiger partial charge in [0.2, 0.25) is 11.8 Å². The van der Waals surface area contributed by atoms with Crippen molar-refractivity contribution in [1.82, 2.24) is 15.5 Å². The Morgan fingerprint density at radius 3 is 2.82 bits per heavy atom. The number of carbonyl (C=O) groups excluding carboxylic acids is 2. The number of nitrogens with one attached hydrogen (secondary N) is 2. The van der Waals surface area contributed by atoms with Gasteiger partial charge in [-0.2, -0.15) is 0 Å². The van der Waals surface area contributed by atoms with Crippen molar-refractivity contribution in [1.29, 1.82) is 0 Å². The average Bonchev–Trinajstić information content (AvgIpc) is 2.78. The van der Waals surface area contributed by atoms with E-state index in [1.54, 1.807) is 0 Å². The maximum absolute atomic E-state index is 12.3. The minimum absolute atomic E-state index is 0.0316. The number of piperazine rings is 1. The van der Waals surface area contributed by atoms with Crippen LogP contribution in [0.2, 0.25) is 0 Å². The number of amides is 2. The van der Waals surface area contributed by atoms with Gasteiger partial charge in [0.25, 0.3) is 0 Å². The zero-order chi connectivity index (χ0) is 12.4. The molecule has 2 N–H and O–H groups in total. The van der Waals surface area contributed by atoms with E-state index in [9.17, 15) is 9.59 Å². The van der Waals surface area contributed by atoms with Gasteiger partial charge in [-0.3, -0.25) is 14.9 Å². The van der Waals surface area contributed by atoms with Crippen molar-refractivity contribution in [2.75, 3.05) is 19.6 Å². The normalized spacial score (nSPS) is 29.6. The number of nitrogens with zero attached hydrogens (tertiary/aromatic N) is 1. The fourth-order valence-electron chi connectivity index (χ4n) is 2.70. The Hall–Kier alpha value is -1.10. The van der Waals surface area contributed by atoms with E-state index in [0.29, 0.717) is 18.5 Å². The molecule has 17 heavy (non-hydrogen) atoms. The largest absolute Gasteiger partial charge is 0.353 e. The third-order valence-electron chi connectivity index (χ3n) is 3.66. The summed E-state index contributed by atoms with van der Waals surface area (Å²) in [5, 5.41) is 5.73. The molecule has 2 atom stereocenters. The summed E-state index contributed by atoms with van der Waals surface area (Å²) in [7, 11) is 0. The second-order valence-corrected chi connectivity index (χ2v) is 5.22. The van der Waals surface area contributed by atoms with Gasteiger partial charge in [0.1, 0.15) is 6.04 Å². The number of hydrogen-bond donors (Lipinski definition) is 2. The number of hydrogen-bond acceptors (Lipinski definition) is 3. The van der Waals surface area contributed by atoms with E-state index in [2.05, 4.69) is 24.5 Å². The van der Waals surface area contributed by atoms with Gasteiger partial charge >= 0.3 is 0 Å². The lowest BCUT2D eigenvalue weighted by atomic mass is 10.0. The van der Waals surface area contributed by atoms with E-state index in [1.807, 2.05) is 4.90 Å². The van der Waals surface area contributed by atoms with Crippen molar-refractivity contribution in [3.8, 4) is 0 Å². The van der Waals surface area contributed by atoms with Gasteiger partial charge in [0.15, 0.2) is 0 Å². The predicted molar refractivity (Wildman–Crippen MR) is 64.4 cm³/mol. The molecule has 5 nitrogen and oxygen atoms in total. The molecular formula is C12H21N3O2. The molecule has 96 valence electrons. The van der Waals surface area contributed by atoms with Crippen LogP contribution >= 0.6 is 0 Å². The van der Waals surface area contributed by atoms with E-state index < -0.39 is 0 Å². The van der Waals surface area contributed by atoms with Crippen LogP contribution < -0.4 is 10.6 Å². The van der Waals surface area contributed by atoms with Gasteiger partial charge in [-0.1, -0.05) is 13.8 Å². The minimum atomic E-state index is -0.243. The lowest BCUT2D eigenvalue weighted by Gasteiger charge is -2.33. The highest BCUT2D eigenvalue weighted by molar-refractivity contribution is 5.87. The number of carbonyl (C=O) groups is 2. The molecule has 2 fully saturated rings. The monoisotopic (exact) mass is 239 g/mol. The van der Waals surface area contributed by atoms with Gasteiger partial charge < -0.3 is 10.2 Å². The van der Waals surface area contributed by atoms with Crippen LogP contribution in [-0.4, -0.2) is 48.4 Å². The Morgan fingerprint density at radius 1 is 1.47 bits per heavy atom. The first-order valence-electron chi connectivity index (χ1n) is 6.40. The summed E-state index contributed by atoms with van der Waals surface area (Å²) in [6, 6.07) is 0.119. The van der Waals surface area contributed by atoms with Crippen molar-refractivity contribution in [2.45, 2.75) is 38.8 Å². The zero-order valence-corrected chi connectivity index (χ0v) is 10.5. The fourth-order valence-corrected chi connectivity index (χ4v) is 2.70. The molecular weight excluding hydrogens is 218 g/mol. The lowest BCUT2D eigenvalue weighted by molar-refractivity contribution is -0.136. The van der Waals surface area contributed by atoms with Crippen molar-refractivity contribution in [3.63, 3.8) is 0 Å². The Morgan fingerprint density at radius 2 is 2.24 bits per heavy atom. The molecule has 2 aliphatic rings. The summed E-state index contributed by atoms with van der Waals surface area (Å²) in [5.74, 6) is 0.608. The molecule has 2 heterocycles. The molecule has 2 unspecified atom stereocenters. The first kappa shape index (κ1) is 12.4. The van der Waals surface area contributed by atoms with E-state index >= 15 is 0 Å². The zero-order valence-electron chi connectivity index (χ0n) is 10.5. The molecule has 2 rings (SSSR count). The molecule has 0 aromatic rings. The number of likely N-dealkylation sites (tertiary alicyclic amines) is 1. The van der Waals surface area contributed by atoms with Crippen molar-refractivity contribution >= 4 is 11.8 Å². The fraction of sp³-hybridized carbons (Fsp3) is 0.833. The molecule has 0 radical (unpaired) electrons. The van der Waals surface area contributed by atoms with Gasteiger partial charge in [-0.15, -0.1) is 0 Å². The molecule has 2 aliphatic heterocycles. The van der Waals surface area contributed by atoms with Crippen LogP contribution in [0.5, 0.6) is 0 Å². The summed E-state index contributed by atoms with van der Waals surface area (Å²) >= 11 is 0. The first-order chi connectivity index (χ1) is 8.09.